The summed E-state index contributed by atoms with van der Waals surface area (Å²) in [5.41, 5.74) is 0. The average Bonchev–Trinajstić information content (AvgIpc) is 2.15. The lowest BCUT2D eigenvalue weighted by Gasteiger charge is -2.26. The molecule has 1 rings (SSSR count). The van der Waals surface area contributed by atoms with Crippen LogP contribution in [-0.4, -0.2) is 48.7 Å². The van der Waals surface area contributed by atoms with Crippen LogP contribution in [0, 0.1) is 0 Å². The molecule has 1 fully saturated rings. The van der Waals surface area contributed by atoms with E-state index in [0.29, 0.717) is 6.54 Å². The minimum atomic E-state index is -0.750. The Kier molecular flexibility index (Phi) is 5.65. The van der Waals surface area contributed by atoms with Gasteiger partial charge >= 0.3 is 5.97 Å². The van der Waals surface area contributed by atoms with Crippen LogP contribution in [0.4, 0.5) is 0 Å². The molecule has 2 N–H and O–H groups in total. The van der Waals surface area contributed by atoms with E-state index in [1.807, 2.05) is 0 Å². The second kappa shape index (κ2) is 6.80. The van der Waals surface area contributed by atoms with E-state index in [9.17, 15) is 4.79 Å². The highest BCUT2D eigenvalue weighted by atomic mass is 16.4. The van der Waals surface area contributed by atoms with E-state index < -0.39 is 12.0 Å². The lowest BCUT2D eigenvalue weighted by molar-refractivity contribution is -0.139. The van der Waals surface area contributed by atoms with Gasteiger partial charge in [-0.25, -0.2) is 0 Å². The molecule has 0 amide bonds. The molecular formula is C11H22N2O2. The molecule has 1 atom stereocenters. The van der Waals surface area contributed by atoms with E-state index in [1.165, 1.54) is 32.1 Å². The van der Waals surface area contributed by atoms with Crippen LogP contribution < -0.4 is 5.32 Å². The van der Waals surface area contributed by atoms with E-state index in [4.69, 9.17) is 5.11 Å². The van der Waals surface area contributed by atoms with Crippen LogP contribution in [0.2, 0.25) is 0 Å². The maximum atomic E-state index is 10.9. The highest BCUT2D eigenvalue weighted by Crippen LogP contribution is 2.10. The fourth-order valence-electron chi connectivity index (χ4n) is 2.05. The maximum absolute atomic E-state index is 10.9. The highest BCUT2D eigenvalue weighted by molar-refractivity contribution is 5.73. The normalized spacial score (nSPS) is 21.7. The van der Waals surface area contributed by atoms with Gasteiger partial charge in [-0.1, -0.05) is 19.3 Å². The van der Waals surface area contributed by atoms with Crippen molar-refractivity contribution in [1.29, 1.82) is 0 Å². The molecule has 1 saturated heterocycles. The lowest BCUT2D eigenvalue weighted by atomic mass is 10.1. The Hall–Kier alpha value is -0.610. The first-order valence-electron chi connectivity index (χ1n) is 5.86. The van der Waals surface area contributed by atoms with Crippen molar-refractivity contribution in [1.82, 2.24) is 10.2 Å². The Bertz CT molecular complexity index is 189. The Morgan fingerprint density at radius 1 is 1.27 bits per heavy atom. The van der Waals surface area contributed by atoms with Gasteiger partial charge < -0.3 is 15.3 Å². The number of likely N-dealkylation sites (N-methyl/N-ethyl adjacent to an activating group) is 1. The standard InChI is InChI=1S/C11H22N2O2/c1-12-10(11(14)15)9-13-7-5-3-2-4-6-8-13/h10,12H,2-9H2,1H3,(H,14,15). The van der Waals surface area contributed by atoms with Crippen molar-refractivity contribution in [2.24, 2.45) is 0 Å². The molecule has 1 unspecified atom stereocenters. The first kappa shape index (κ1) is 12.5. The van der Waals surface area contributed by atoms with Gasteiger partial charge in [0.2, 0.25) is 0 Å². The summed E-state index contributed by atoms with van der Waals surface area (Å²) in [5, 5.41) is 11.8. The largest absolute Gasteiger partial charge is 0.480 e. The molecule has 0 aromatic heterocycles. The second-order valence-corrected chi connectivity index (χ2v) is 4.25. The second-order valence-electron chi connectivity index (χ2n) is 4.25. The van der Waals surface area contributed by atoms with Crippen LogP contribution >= 0.6 is 0 Å². The van der Waals surface area contributed by atoms with Crippen molar-refractivity contribution in [2.75, 3.05) is 26.7 Å². The van der Waals surface area contributed by atoms with Gasteiger partial charge in [-0.3, -0.25) is 4.79 Å². The number of rotatable bonds is 4. The van der Waals surface area contributed by atoms with Gasteiger partial charge in [0.1, 0.15) is 6.04 Å². The molecule has 4 nitrogen and oxygen atoms in total. The molecule has 0 spiro atoms. The van der Waals surface area contributed by atoms with Crippen LogP contribution in [0.5, 0.6) is 0 Å². The summed E-state index contributed by atoms with van der Waals surface area (Å²) in [4.78, 5) is 13.1. The van der Waals surface area contributed by atoms with Crippen LogP contribution in [0.15, 0.2) is 0 Å². The zero-order chi connectivity index (χ0) is 11.1. The Morgan fingerprint density at radius 2 is 1.80 bits per heavy atom. The lowest BCUT2D eigenvalue weighted by Crippen LogP contribution is -2.45. The van der Waals surface area contributed by atoms with Gasteiger partial charge in [-0.2, -0.15) is 0 Å². The molecule has 4 heteroatoms. The number of carbonyl (C=O) groups is 1. The summed E-state index contributed by atoms with van der Waals surface area (Å²) in [6.07, 6.45) is 6.32. The number of hydrogen-bond acceptors (Lipinski definition) is 3. The molecular weight excluding hydrogens is 192 g/mol. The molecule has 0 saturated carbocycles. The van der Waals surface area contributed by atoms with Crippen molar-refractivity contribution in [3.8, 4) is 0 Å². The molecule has 88 valence electrons. The summed E-state index contributed by atoms with van der Waals surface area (Å²) in [6, 6.07) is -0.426. The molecule has 1 heterocycles. The number of nitrogens with one attached hydrogen (secondary N) is 1. The fourth-order valence-corrected chi connectivity index (χ4v) is 2.05. The average molecular weight is 214 g/mol. The molecule has 0 aliphatic carbocycles. The smallest absolute Gasteiger partial charge is 0.322 e. The number of carboxylic acids is 1. The summed E-state index contributed by atoms with van der Waals surface area (Å²) < 4.78 is 0. The van der Waals surface area contributed by atoms with Gasteiger partial charge in [0.05, 0.1) is 0 Å². The summed E-state index contributed by atoms with van der Waals surface area (Å²) in [7, 11) is 1.71. The van der Waals surface area contributed by atoms with Gasteiger partial charge in [-0.05, 0) is 33.0 Å². The molecule has 0 aromatic rings. The van der Waals surface area contributed by atoms with Crippen molar-refractivity contribution in [3.63, 3.8) is 0 Å². The monoisotopic (exact) mass is 214 g/mol. The molecule has 0 radical (unpaired) electrons. The first-order valence-corrected chi connectivity index (χ1v) is 5.86. The Morgan fingerprint density at radius 3 is 2.27 bits per heavy atom. The van der Waals surface area contributed by atoms with Crippen LogP contribution in [0.1, 0.15) is 32.1 Å². The zero-order valence-electron chi connectivity index (χ0n) is 9.54. The molecule has 15 heavy (non-hydrogen) atoms. The number of hydrogen-bond donors (Lipinski definition) is 2. The topological polar surface area (TPSA) is 52.6 Å². The first-order chi connectivity index (χ1) is 7.24. The SMILES string of the molecule is CNC(CN1CCCCCCC1)C(=O)O. The number of aliphatic carboxylic acids is 1. The van der Waals surface area contributed by atoms with E-state index in [-0.39, 0.29) is 0 Å². The molecule has 1 aliphatic rings. The third-order valence-electron chi connectivity index (χ3n) is 3.04. The van der Waals surface area contributed by atoms with Gasteiger partial charge in [0.25, 0.3) is 0 Å². The van der Waals surface area contributed by atoms with Crippen LogP contribution in [-0.2, 0) is 4.79 Å². The van der Waals surface area contributed by atoms with Crippen molar-refractivity contribution in [3.05, 3.63) is 0 Å². The predicted octanol–water partition coefficient (Wildman–Crippen LogP) is 0.925. The maximum Gasteiger partial charge on any atom is 0.322 e. The summed E-state index contributed by atoms with van der Waals surface area (Å²) >= 11 is 0. The fraction of sp³-hybridized carbons (Fsp3) is 0.909. The van der Waals surface area contributed by atoms with Gasteiger partial charge in [0, 0.05) is 6.54 Å². The number of nitrogens with zero attached hydrogens (tertiary/aromatic N) is 1. The highest BCUT2D eigenvalue weighted by Gasteiger charge is 2.19. The molecule has 0 bridgehead atoms. The van der Waals surface area contributed by atoms with E-state index >= 15 is 0 Å². The molecule has 1 aliphatic heterocycles. The minimum absolute atomic E-state index is 0.426. The van der Waals surface area contributed by atoms with E-state index in [2.05, 4.69) is 10.2 Å². The van der Waals surface area contributed by atoms with E-state index in [1.54, 1.807) is 7.05 Å². The third kappa shape index (κ3) is 4.62. The molecule has 0 aromatic carbocycles. The third-order valence-corrected chi connectivity index (χ3v) is 3.04. The van der Waals surface area contributed by atoms with Crippen LogP contribution in [0.3, 0.4) is 0 Å². The summed E-state index contributed by atoms with van der Waals surface area (Å²) in [6.45, 7) is 2.72. The van der Waals surface area contributed by atoms with Crippen molar-refractivity contribution >= 4 is 5.97 Å². The Labute approximate surface area is 91.6 Å². The van der Waals surface area contributed by atoms with Crippen LogP contribution in [0.25, 0.3) is 0 Å². The number of likely N-dealkylation sites (tertiary alicyclic amines) is 1. The number of carboxylic acid groups (broad SMARTS) is 1. The van der Waals surface area contributed by atoms with Crippen molar-refractivity contribution in [2.45, 2.75) is 38.1 Å². The summed E-state index contributed by atoms with van der Waals surface area (Å²) in [5.74, 6) is -0.750. The zero-order valence-corrected chi connectivity index (χ0v) is 9.54. The Balaban J connectivity index is 2.36. The quantitative estimate of drug-likeness (QED) is 0.731. The van der Waals surface area contributed by atoms with E-state index in [0.717, 1.165) is 13.1 Å². The van der Waals surface area contributed by atoms with Gasteiger partial charge in [0.15, 0.2) is 0 Å². The minimum Gasteiger partial charge on any atom is -0.480 e. The van der Waals surface area contributed by atoms with Gasteiger partial charge in [-0.15, -0.1) is 0 Å². The predicted molar refractivity (Wildman–Crippen MR) is 60.0 cm³/mol. The van der Waals surface area contributed by atoms with Crippen molar-refractivity contribution < 1.29 is 9.90 Å².